The van der Waals surface area contributed by atoms with Crippen molar-refractivity contribution in [2.75, 3.05) is 11.1 Å². The minimum absolute atomic E-state index is 0. The van der Waals surface area contributed by atoms with E-state index in [0.29, 0.717) is 5.69 Å². The van der Waals surface area contributed by atoms with Crippen LogP contribution in [0.5, 0.6) is 0 Å². The van der Waals surface area contributed by atoms with Gasteiger partial charge in [0.25, 0.3) is 10.1 Å². The predicted octanol–water partition coefficient (Wildman–Crippen LogP) is 3.98. The summed E-state index contributed by atoms with van der Waals surface area (Å²) in [6.07, 6.45) is 0.731. The van der Waals surface area contributed by atoms with Crippen LogP contribution in [-0.4, -0.2) is 54.1 Å². The normalized spacial score (nSPS) is 12.4. The molecule has 0 unspecified atom stereocenters. The number of nitrogens with two attached hydrogens (primary N) is 1. The first kappa shape index (κ1) is 25.8. The third-order valence-corrected chi connectivity index (χ3v) is 6.86. The van der Waals surface area contributed by atoms with Crippen LogP contribution in [0, 0.1) is 0 Å². The molecule has 176 valence electrons. The van der Waals surface area contributed by atoms with Gasteiger partial charge in [-0.25, -0.2) is 0 Å². The average molecular weight is 509 g/mol. The summed E-state index contributed by atoms with van der Waals surface area (Å²) in [5.41, 5.74) is 8.44. The Kier molecular flexibility index (Phi) is 7.17. The van der Waals surface area contributed by atoms with Crippen LogP contribution < -0.4 is 11.1 Å². The summed E-state index contributed by atoms with van der Waals surface area (Å²) in [7, 11) is -4.77. The van der Waals surface area contributed by atoms with Crippen molar-refractivity contribution in [3.8, 4) is 0 Å². The van der Waals surface area contributed by atoms with Crippen LogP contribution in [-0.2, 0) is 16.5 Å². The number of carbonyl (C=O) groups is 2. The molecule has 9 heteroatoms. The monoisotopic (exact) mass is 508 g/mol. The third kappa shape index (κ3) is 4.74. The number of hydrogen-bond acceptors (Lipinski definition) is 6. The number of carbonyl (C=O) groups excluding carboxylic acids is 2. The van der Waals surface area contributed by atoms with Crippen molar-refractivity contribution >= 4 is 68.3 Å². The van der Waals surface area contributed by atoms with Gasteiger partial charge >= 0.3 is 29.6 Å². The maximum atomic E-state index is 13.4. The Morgan fingerprint density at radius 1 is 0.750 bits per heavy atom. The number of rotatable bonds is 5. The van der Waals surface area contributed by atoms with E-state index in [0.717, 1.165) is 23.6 Å². The summed E-state index contributed by atoms with van der Waals surface area (Å²) in [4.78, 5) is 26.0. The molecule has 0 atom stereocenters. The molecule has 0 fully saturated rings. The first-order chi connectivity index (χ1) is 16.7. The zero-order valence-corrected chi connectivity index (χ0v) is 19.2. The molecule has 4 aromatic carbocycles. The topological polar surface area (TPSA) is 127 Å². The van der Waals surface area contributed by atoms with Crippen LogP contribution in [0.15, 0.2) is 89.8 Å². The van der Waals surface area contributed by atoms with Crippen LogP contribution in [0.25, 0.3) is 0 Å². The zero-order chi connectivity index (χ0) is 24.7. The maximum absolute atomic E-state index is 13.4. The molecule has 0 radical (unpaired) electrons. The molecule has 0 saturated carbocycles. The van der Waals surface area contributed by atoms with Gasteiger partial charge in [-0.1, -0.05) is 66.7 Å². The second-order valence-electron chi connectivity index (χ2n) is 8.25. The number of hydrogen-bond donors (Lipinski definition) is 3. The summed E-state index contributed by atoms with van der Waals surface area (Å²) in [6, 6.07) is 24.7. The van der Waals surface area contributed by atoms with Crippen LogP contribution in [0.2, 0.25) is 0 Å². The van der Waals surface area contributed by atoms with E-state index in [4.69, 9.17) is 5.73 Å². The quantitative estimate of drug-likeness (QED) is 0.186. The van der Waals surface area contributed by atoms with Crippen LogP contribution in [0.3, 0.4) is 0 Å². The van der Waals surface area contributed by atoms with Crippen molar-refractivity contribution in [1.29, 1.82) is 0 Å². The molecule has 1 aliphatic rings. The summed E-state index contributed by atoms with van der Waals surface area (Å²) in [6.45, 7) is 0. The van der Waals surface area contributed by atoms with Gasteiger partial charge < -0.3 is 11.1 Å². The van der Waals surface area contributed by atoms with Gasteiger partial charge in [-0.15, -0.1) is 0 Å². The number of anilines is 3. The van der Waals surface area contributed by atoms with Gasteiger partial charge in [0, 0.05) is 16.8 Å². The Morgan fingerprint density at radius 2 is 1.28 bits per heavy atom. The van der Waals surface area contributed by atoms with Gasteiger partial charge in [0.05, 0.1) is 22.5 Å². The fourth-order valence-electron chi connectivity index (χ4n) is 4.30. The molecule has 0 saturated heterocycles. The fraction of sp³-hybridized carbons (Fsp3) is 0.0370. The molecule has 4 aromatic rings. The molecule has 7 nitrogen and oxygen atoms in total. The zero-order valence-electron chi connectivity index (χ0n) is 18.4. The number of fused-ring (bicyclic) bond motifs is 2. The van der Waals surface area contributed by atoms with E-state index in [1.54, 1.807) is 24.3 Å². The Bertz CT molecular complexity index is 1600. The number of nitrogens with one attached hydrogen (secondary N) is 1. The first-order valence-electron chi connectivity index (χ1n) is 10.8. The van der Waals surface area contributed by atoms with Gasteiger partial charge in [0.1, 0.15) is 4.90 Å². The van der Waals surface area contributed by atoms with Crippen LogP contribution >= 0.6 is 0 Å². The van der Waals surface area contributed by atoms with E-state index >= 15 is 0 Å². The number of ketones is 2. The SMILES string of the molecule is Nc1c(S(=O)(=O)O)cc(Nc2ccc(Cc3ccccc3)cc2)c2c1C(=O)c1ccccc1C2=O.[NaH]. The van der Waals surface area contributed by atoms with E-state index in [2.05, 4.69) is 5.32 Å². The van der Waals surface area contributed by atoms with Gasteiger partial charge in [-0.05, 0) is 35.7 Å². The van der Waals surface area contributed by atoms with Crippen molar-refractivity contribution in [3.63, 3.8) is 0 Å². The Hall–Kier alpha value is -3.27. The van der Waals surface area contributed by atoms with E-state index < -0.39 is 32.3 Å². The molecule has 0 spiro atoms. The molecule has 36 heavy (non-hydrogen) atoms. The van der Waals surface area contributed by atoms with Crippen molar-refractivity contribution < 1.29 is 22.6 Å². The van der Waals surface area contributed by atoms with Crippen molar-refractivity contribution in [3.05, 3.63) is 118 Å². The number of nitrogen functional groups attached to an aromatic ring is 1. The summed E-state index contributed by atoms with van der Waals surface area (Å²) >= 11 is 0. The van der Waals surface area contributed by atoms with Gasteiger partial charge in [-0.3, -0.25) is 14.1 Å². The average Bonchev–Trinajstić information content (AvgIpc) is 2.84. The van der Waals surface area contributed by atoms with Crippen LogP contribution in [0.4, 0.5) is 17.1 Å². The second kappa shape index (κ2) is 10.0. The van der Waals surface area contributed by atoms with E-state index in [9.17, 15) is 22.6 Å². The fourth-order valence-corrected chi connectivity index (χ4v) is 4.95. The van der Waals surface area contributed by atoms with Crippen molar-refractivity contribution in [1.82, 2.24) is 0 Å². The van der Waals surface area contributed by atoms with E-state index in [1.807, 2.05) is 42.5 Å². The van der Waals surface area contributed by atoms with Crippen LogP contribution in [0.1, 0.15) is 43.0 Å². The molecular formula is C27H21N2NaO5S. The Morgan fingerprint density at radius 3 is 1.86 bits per heavy atom. The predicted molar refractivity (Wildman–Crippen MR) is 140 cm³/mol. The second-order valence-corrected chi connectivity index (χ2v) is 9.64. The van der Waals surface area contributed by atoms with Gasteiger partial charge in [-0.2, -0.15) is 8.42 Å². The summed E-state index contributed by atoms with van der Waals surface area (Å²) in [5, 5.41) is 3.04. The summed E-state index contributed by atoms with van der Waals surface area (Å²) < 4.78 is 33.8. The summed E-state index contributed by atoms with van der Waals surface area (Å²) in [5.74, 6) is -1.05. The Labute approximate surface area is 230 Å². The standard InChI is InChI=1S/C27H20N2O5S.Na.H/c28-25-22(35(32,33)34)15-21(23-24(25)27(31)20-9-5-4-8-19(20)26(23)30)29-18-12-10-17(11-13-18)14-16-6-2-1-3-7-16;;/h1-13,15,29H,14,28H2,(H,32,33,34);;. The molecule has 5 rings (SSSR count). The molecule has 0 aromatic heterocycles. The molecule has 4 N–H and O–H groups in total. The van der Waals surface area contributed by atoms with E-state index in [1.165, 1.54) is 12.1 Å². The molecule has 0 amide bonds. The molecule has 0 bridgehead atoms. The Balaban J connectivity index is 0.00000304. The van der Waals surface area contributed by atoms with Gasteiger partial charge in [0.2, 0.25) is 0 Å². The minimum atomic E-state index is -4.77. The van der Waals surface area contributed by atoms with Gasteiger partial charge in [0.15, 0.2) is 11.6 Å². The molecule has 0 aliphatic heterocycles. The molecule has 0 heterocycles. The molecular weight excluding hydrogens is 487 g/mol. The van der Waals surface area contributed by atoms with Crippen molar-refractivity contribution in [2.45, 2.75) is 11.3 Å². The third-order valence-electron chi connectivity index (χ3n) is 5.96. The molecule has 1 aliphatic carbocycles. The van der Waals surface area contributed by atoms with E-state index in [-0.39, 0.29) is 57.5 Å². The van der Waals surface area contributed by atoms with Crippen molar-refractivity contribution in [2.24, 2.45) is 0 Å². The first-order valence-corrected chi connectivity index (χ1v) is 12.2. The number of benzene rings is 4.